The quantitative estimate of drug-likeness (QED) is 0.445. The molecule has 0 radical (unpaired) electrons. The van der Waals surface area contributed by atoms with Crippen LogP contribution in [0.25, 0.3) is 11.0 Å². The van der Waals surface area contributed by atoms with Crippen molar-refractivity contribution in [3.8, 4) is 5.75 Å². The molecule has 0 unspecified atom stereocenters. The summed E-state index contributed by atoms with van der Waals surface area (Å²) in [4.78, 5) is 19.6. The predicted octanol–water partition coefficient (Wildman–Crippen LogP) is 4.63. The van der Waals surface area contributed by atoms with Crippen LogP contribution in [0, 0.1) is 0 Å². The van der Waals surface area contributed by atoms with Crippen LogP contribution in [0.2, 0.25) is 0 Å². The van der Waals surface area contributed by atoms with Crippen LogP contribution in [0.15, 0.2) is 84.9 Å². The smallest absolute Gasteiger partial charge is 0.223 e. The molecule has 1 aliphatic rings. The Balaban J connectivity index is 1.36. The van der Waals surface area contributed by atoms with E-state index in [2.05, 4.69) is 22.8 Å². The second-order valence-electron chi connectivity index (χ2n) is 7.93. The average Bonchev–Trinajstić information content (AvgIpc) is 3.36. The van der Waals surface area contributed by atoms with Crippen LogP contribution in [-0.4, -0.2) is 33.5 Å². The molecule has 5 heteroatoms. The molecule has 1 aliphatic heterocycles. The zero-order valence-corrected chi connectivity index (χ0v) is 17.4. The van der Waals surface area contributed by atoms with Gasteiger partial charge in [-0.05, 0) is 29.8 Å². The van der Waals surface area contributed by atoms with E-state index in [4.69, 9.17) is 9.72 Å². The number of nitrogens with zero attached hydrogens (tertiary/aromatic N) is 3. The molecule has 0 bridgehead atoms. The summed E-state index contributed by atoms with van der Waals surface area (Å²) < 4.78 is 8.17. The van der Waals surface area contributed by atoms with Crippen LogP contribution in [0.1, 0.15) is 23.7 Å². The first-order chi connectivity index (χ1) is 15.3. The maximum absolute atomic E-state index is 12.8. The van der Waals surface area contributed by atoms with Gasteiger partial charge in [0.1, 0.15) is 18.2 Å². The number of hydrogen-bond acceptors (Lipinski definition) is 3. The van der Waals surface area contributed by atoms with Crippen molar-refractivity contribution in [3.63, 3.8) is 0 Å². The molecule has 5 nitrogen and oxygen atoms in total. The number of imidazole rings is 1. The van der Waals surface area contributed by atoms with Gasteiger partial charge in [-0.3, -0.25) is 4.79 Å². The Morgan fingerprint density at radius 2 is 1.61 bits per heavy atom. The summed E-state index contributed by atoms with van der Waals surface area (Å²) in [6.45, 7) is 2.57. The fourth-order valence-corrected chi connectivity index (χ4v) is 4.31. The Bertz CT molecular complexity index is 1170. The zero-order valence-electron chi connectivity index (χ0n) is 17.4. The minimum atomic E-state index is 0.0836. The highest BCUT2D eigenvalue weighted by molar-refractivity contribution is 5.81. The van der Waals surface area contributed by atoms with Crippen molar-refractivity contribution in [2.45, 2.75) is 25.4 Å². The number of carbonyl (C=O) groups is 1. The third-order valence-corrected chi connectivity index (χ3v) is 5.81. The number of para-hydroxylation sites is 3. The van der Waals surface area contributed by atoms with Crippen molar-refractivity contribution in [2.75, 3.05) is 13.2 Å². The highest BCUT2D eigenvalue weighted by Crippen LogP contribution is 2.31. The number of ether oxygens (including phenoxy) is 1. The van der Waals surface area contributed by atoms with Gasteiger partial charge in [0.2, 0.25) is 5.91 Å². The average molecular weight is 412 g/mol. The number of benzene rings is 3. The van der Waals surface area contributed by atoms with Crippen LogP contribution in [0.5, 0.6) is 5.75 Å². The third-order valence-electron chi connectivity index (χ3n) is 5.81. The lowest BCUT2D eigenvalue weighted by Gasteiger charge is -2.17. The van der Waals surface area contributed by atoms with Gasteiger partial charge in [-0.1, -0.05) is 60.7 Å². The summed E-state index contributed by atoms with van der Waals surface area (Å²) >= 11 is 0. The summed E-state index contributed by atoms with van der Waals surface area (Å²) in [5.74, 6) is 2.11. The topological polar surface area (TPSA) is 47.4 Å². The van der Waals surface area contributed by atoms with Crippen molar-refractivity contribution in [1.82, 2.24) is 14.5 Å². The van der Waals surface area contributed by atoms with Crippen LogP contribution in [0.4, 0.5) is 0 Å². The summed E-state index contributed by atoms with van der Waals surface area (Å²) in [5.41, 5.74) is 3.20. The Morgan fingerprint density at radius 3 is 2.42 bits per heavy atom. The van der Waals surface area contributed by atoms with Crippen molar-refractivity contribution >= 4 is 16.9 Å². The van der Waals surface area contributed by atoms with Crippen molar-refractivity contribution in [3.05, 3.63) is 96.3 Å². The van der Waals surface area contributed by atoms with E-state index in [9.17, 15) is 4.79 Å². The normalized spacial score (nSPS) is 16.2. The van der Waals surface area contributed by atoms with Gasteiger partial charge in [-0.25, -0.2) is 4.98 Å². The van der Waals surface area contributed by atoms with Gasteiger partial charge < -0.3 is 14.2 Å². The molecule has 0 saturated carbocycles. The van der Waals surface area contributed by atoms with E-state index in [1.165, 1.54) is 0 Å². The molecule has 4 aromatic rings. The van der Waals surface area contributed by atoms with Crippen LogP contribution >= 0.6 is 0 Å². The molecule has 31 heavy (non-hydrogen) atoms. The highest BCUT2D eigenvalue weighted by atomic mass is 16.5. The molecule has 1 atom stereocenters. The molecule has 1 aromatic heterocycles. The number of aromatic nitrogens is 2. The molecule has 0 N–H and O–H groups in total. The first-order valence-electron chi connectivity index (χ1n) is 10.7. The Hall–Kier alpha value is -3.60. The molecule has 3 aromatic carbocycles. The standard InChI is InChI=1S/C26H25N3O2/c30-25-17-21(19-28(25)18-20-9-3-1-4-10-20)26-27-23-13-7-8-14-24(23)29(26)15-16-31-22-11-5-2-6-12-22/h1-14,21H,15-19H2/t21-/m1/s1. The number of rotatable bonds is 7. The molecule has 0 spiro atoms. The SMILES string of the molecule is O=C1C[C@@H](c2nc3ccccc3n2CCOc2ccccc2)CN1Cc1ccccc1. The van der Waals surface area contributed by atoms with Crippen LogP contribution in [0.3, 0.4) is 0 Å². The predicted molar refractivity (Wildman–Crippen MR) is 121 cm³/mol. The second kappa shape index (κ2) is 8.64. The van der Waals surface area contributed by atoms with E-state index in [1.807, 2.05) is 71.6 Å². The summed E-state index contributed by atoms with van der Waals surface area (Å²) in [7, 11) is 0. The highest BCUT2D eigenvalue weighted by Gasteiger charge is 2.33. The molecule has 1 fully saturated rings. The van der Waals surface area contributed by atoms with Gasteiger partial charge in [-0.2, -0.15) is 0 Å². The van der Waals surface area contributed by atoms with E-state index >= 15 is 0 Å². The van der Waals surface area contributed by atoms with Gasteiger partial charge in [0, 0.05) is 25.4 Å². The van der Waals surface area contributed by atoms with Crippen LogP contribution in [-0.2, 0) is 17.9 Å². The number of fused-ring (bicyclic) bond motifs is 1. The van der Waals surface area contributed by atoms with Gasteiger partial charge in [-0.15, -0.1) is 0 Å². The maximum atomic E-state index is 12.8. The van der Waals surface area contributed by atoms with Gasteiger partial charge >= 0.3 is 0 Å². The summed E-state index contributed by atoms with van der Waals surface area (Å²) in [6.07, 6.45) is 0.496. The monoisotopic (exact) mass is 411 g/mol. The minimum absolute atomic E-state index is 0.0836. The lowest BCUT2D eigenvalue weighted by molar-refractivity contribution is -0.128. The van der Waals surface area contributed by atoms with Crippen molar-refractivity contribution in [1.29, 1.82) is 0 Å². The van der Waals surface area contributed by atoms with E-state index in [0.29, 0.717) is 32.7 Å². The summed E-state index contributed by atoms with van der Waals surface area (Å²) in [6, 6.07) is 28.2. The fraction of sp³-hybridized carbons (Fsp3) is 0.231. The zero-order chi connectivity index (χ0) is 21.0. The third kappa shape index (κ3) is 4.17. The van der Waals surface area contributed by atoms with E-state index in [-0.39, 0.29) is 11.8 Å². The van der Waals surface area contributed by atoms with Crippen LogP contribution < -0.4 is 4.74 Å². The first kappa shape index (κ1) is 19.4. The van der Waals surface area contributed by atoms with Gasteiger partial charge in [0.15, 0.2) is 0 Å². The van der Waals surface area contributed by atoms with E-state index in [0.717, 1.165) is 28.2 Å². The Labute approximate surface area is 181 Å². The minimum Gasteiger partial charge on any atom is -0.492 e. The lowest BCUT2D eigenvalue weighted by Crippen LogP contribution is -2.24. The largest absolute Gasteiger partial charge is 0.492 e. The molecule has 1 amide bonds. The van der Waals surface area contributed by atoms with Gasteiger partial charge in [0.05, 0.1) is 17.6 Å². The van der Waals surface area contributed by atoms with Crippen molar-refractivity contribution in [2.24, 2.45) is 0 Å². The van der Waals surface area contributed by atoms with E-state index in [1.54, 1.807) is 0 Å². The molecular weight excluding hydrogens is 386 g/mol. The molecule has 2 heterocycles. The number of amides is 1. The maximum Gasteiger partial charge on any atom is 0.223 e. The molecule has 1 saturated heterocycles. The van der Waals surface area contributed by atoms with Gasteiger partial charge in [0.25, 0.3) is 0 Å². The molecule has 5 rings (SSSR count). The lowest BCUT2D eigenvalue weighted by atomic mass is 10.1. The Kier molecular flexibility index (Phi) is 5.40. The number of carbonyl (C=O) groups excluding carboxylic acids is 1. The molecular formula is C26H25N3O2. The molecule has 156 valence electrons. The summed E-state index contributed by atoms with van der Waals surface area (Å²) in [5, 5.41) is 0. The number of hydrogen-bond donors (Lipinski definition) is 0. The number of likely N-dealkylation sites (tertiary alicyclic amines) is 1. The van der Waals surface area contributed by atoms with E-state index < -0.39 is 0 Å². The second-order valence-corrected chi connectivity index (χ2v) is 7.93. The molecule has 0 aliphatic carbocycles. The van der Waals surface area contributed by atoms with Crippen molar-refractivity contribution < 1.29 is 9.53 Å². The Morgan fingerprint density at radius 1 is 0.903 bits per heavy atom. The first-order valence-corrected chi connectivity index (χ1v) is 10.7. The fourth-order valence-electron chi connectivity index (χ4n) is 4.31.